The molecule has 0 bridgehead atoms. The average molecular weight is 413 g/mol. The number of carbonyl (C=O) groups is 2. The highest BCUT2D eigenvalue weighted by molar-refractivity contribution is 6.12. The Morgan fingerprint density at radius 2 is 1.97 bits per heavy atom. The molecule has 1 aliphatic rings. The van der Waals surface area contributed by atoms with Crippen LogP contribution in [0.2, 0.25) is 0 Å². The molecule has 0 saturated carbocycles. The first kappa shape index (κ1) is 19.1. The number of nitrogens with two attached hydrogens (primary N) is 1. The van der Waals surface area contributed by atoms with Crippen LogP contribution < -0.4 is 11.1 Å². The third-order valence-corrected chi connectivity index (χ3v) is 5.95. The zero-order valence-electron chi connectivity index (χ0n) is 17.2. The molecule has 2 heterocycles. The fourth-order valence-corrected chi connectivity index (χ4v) is 4.30. The van der Waals surface area contributed by atoms with Crippen LogP contribution in [0.4, 0.5) is 5.69 Å². The van der Waals surface area contributed by atoms with Crippen molar-refractivity contribution in [2.24, 2.45) is 11.7 Å². The standard InChI is InChI=1S/C24H23N5O2/c1-14-5-10-20-19(13-14)17-3-2-4-18(22(17)27-20)24(31)26-15-6-8-16(9-7-15)29-12-11-21(28-29)23(25)30/h2-4,6-9,11-12,14,27H,5,10,13H2,1H3,(H2,25,30)(H,26,31). The van der Waals surface area contributed by atoms with E-state index in [0.29, 0.717) is 17.2 Å². The maximum Gasteiger partial charge on any atom is 0.269 e. The molecule has 4 aromatic rings. The van der Waals surface area contributed by atoms with Gasteiger partial charge in [0.2, 0.25) is 0 Å². The average Bonchev–Trinajstić information content (AvgIpc) is 3.39. The number of hydrogen-bond donors (Lipinski definition) is 3. The van der Waals surface area contributed by atoms with Crippen molar-refractivity contribution in [2.75, 3.05) is 5.32 Å². The number of aromatic nitrogens is 3. The second kappa shape index (κ2) is 7.43. The number of anilines is 1. The van der Waals surface area contributed by atoms with Gasteiger partial charge in [-0.25, -0.2) is 4.68 Å². The van der Waals surface area contributed by atoms with Gasteiger partial charge < -0.3 is 16.0 Å². The molecule has 0 saturated heterocycles. The highest BCUT2D eigenvalue weighted by Gasteiger charge is 2.22. The van der Waals surface area contributed by atoms with Crippen LogP contribution in [0, 0.1) is 5.92 Å². The smallest absolute Gasteiger partial charge is 0.269 e. The Kier molecular flexibility index (Phi) is 4.58. The van der Waals surface area contributed by atoms with E-state index in [2.05, 4.69) is 28.4 Å². The largest absolute Gasteiger partial charge is 0.364 e. The molecule has 1 unspecified atom stereocenters. The Labute approximate surface area is 179 Å². The number of H-pyrrole nitrogens is 1. The van der Waals surface area contributed by atoms with Gasteiger partial charge in [0.05, 0.1) is 16.8 Å². The summed E-state index contributed by atoms with van der Waals surface area (Å²) in [6.45, 7) is 2.28. The summed E-state index contributed by atoms with van der Waals surface area (Å²) in [5, 5.41) is 8.27. The molecule has 31 heavy (non-hydrogen) atoms. The molecule has 7 heteroatoms. The molecule has 5 rings (SSSR count). The van der Waals surface area contributed by atoms with Crippen molar-refractivity contribution >= 4 is 28.4 Å². The summed E-state index contributed by atoms with van der Waals surface area (Å²) in [5.41, 5.74) is 11.1. The summed E-state index contributed by atoms with van der Waals surface area (Å²) in [6.07, 6.45) is 4.92. The third-order valence-electron chi connectivity index (χ3n) is 5.95. The van der Waals surface area contributed by atoms with Crippen molar-refractivity contribution in [1.82, 2.24) is 14.8 Å². The first-order valence-electron chi connectivity index (χ1n) is 10.4. The lowest BCUT2D eigenvalue weighted by molar-refractivity contribution is 0.0993. The van der Waals surface area contributed by atoms with E-state index in [4.69, 9.17) is 5.73 Å². The Morgan fingerprint density at radius 1 is 1.16 bits per heavy atom. The maximum atomic E-state index is 13.0. The summed E-state index contributed by atoms with van der Waals surface area (Å²) < 4.78 is 1.57. The number of amides is 2. The van der Waals surface area contributed by atoms with E-state index < -0.39 is 5.91 Å². The second-order valence-electron chi connectivity index (χ2n) is 8.17. The first-order valence-corrected chi connectivity index (χ1v) is 10.4. The van der Waals surface area contributed by atoms with Gasteiger partial charge in [-0.15, -0.1) is 0 Å². The van der Waals surface area contributed by atoms with E-state index in [1.807, 2.05) is 24.3 Å². The van der Waals surface area contributed by atoms with Gasteiger partial charge in [-0.3, -0.25) is 9.59 Å². The molecule has 0 spiro atoms. The number of aryl methyl sites for hydroxylation is 1. The van der Waals surface area contributed by atoms with E-state index in [9.17, 15) is 9.59 Å². The molecular weight excluding hydrogens is 390 g/mol. The lowest BCUT2D eigenvalue weighted by Crippen LogP contribution is -2.13. The van der Waals surface area contributed by atoms with Gasteiger partial charge in [0, 0.05) is 23.0 Å². The summed E-state index contributed by atoms with van der Waals surface area (Å²) in [5.74, 6) is -0.0614. The van der Waals surface area contributed by atoms with Crippen LogP contribution in [0.15, 0.2) is 54.7 Å². The van der Waals surface area contributed by atoms with Crippen molar-refractivity contribution in [2.45, 2.75) is 26.2 Å². The zero-order valence-corrected chi connectivity index (χ0v) is 17.2. The number of nitrogens with zero attached hydrogens (tertiary/aromatic N) is 2. The minimum Gasteiger partial charge on any atom is -0.364 e. The van der Waals surface area contributed by atoms with Crippen molar-refractivity contribution in [3.63, 3.8) is 0 Å². The maximum absolute atomic E-state index is 13.0. The number of rotatable bonds is 4. The first-order chi connectivity index (χ1) is 15.0. The molecule has 2 amide bonds. The van der Waals surface area contributed by atoms with E-state index >= 15 is 0 Å². The van der Waals surface area contributed by atoms with Crippen LogP contribution in [0.1, 0.15) is 45.4 Å². The summed E-state index contributed by atoms with van der Waals surface area (Å²) >= 11 is 0. The molecule has 2 aromatic carbocycles. The van der Waals surface area contributed by atoms with Crippen molar-refractivity contribution in [3.8, 4) is 5.69 Å². The minimum atomic E-state index is -0.572. The number of benzene rings is 2. The van der Waals surface area contributed by atoms with Gasteiger partial charge in [-0.2, -0.15) is 5.10 Å². The molecule has 1 atom stereocenters. The normalized spacial score (nSPS) is 15.6. The topological polar surface area (TPSA) is 106 Å². The summed E-state index contributed by atoms with van der Waals surface area (Å²) in [7, 11) is 0. The molecule has 0 aliphatic heterocycles. The van der Waals surface area contributed by atoms with Gasteiger partial charge in [0.25, 0.3) is 11.8 Å². The number of para-hydroxylation sites is 1. The third kappa shape index (κ3) is 3.48. The van der Waals surface area contributed by atoms with Crippen molar-refractivity contribution in [3.05, 3.63) is 77.2 Å². The van der Waals surface area contributed by atoms with Gasteiger partial charge in [0.1, 0.15) is 5.69 Å². The van der Waals surface area contributed by atoms with Crippen LogP contribution in [0.25, 0.3) is 16.6 Å². The number of primary amides is 1. The van der Waals surface area contributed by atoms with Crippen LogP contribution >= 0.6 is 0 Å². The number of nitrogens with one attached hydrogen (secondary N) is 2. The highest BCUT2D eigenvalue weighted by atomic mass is 16.2. The number of fused-ring (bicyclic) bond motifs is 3. The van der Waals surface area contributed by atoms with Crippen LogP contribution in [-0.2, 0) is 12.8 Å². The molecule has 4 N–H and O–H groups in total. The van der Waals surface area contributed by atoms with E-state index in [-0.39, 0.29) is 11.6 Å². The Bertz CT molecular complexity index is 1300. The monoisotopic (exact) mass is 413 g/mol. The SMILES string of the molecule is CC1CCc2[nH]c3c(C(=O)Nc4ccc(-n5ccc(C(N)=O)n5)cc4)cccc3c2C1. The molecule has 0 fully saturated rings. The van der Waals surface area contributed by atoms with E-state index in [1.165, 1.54) is 17.7 Å². The number of hydrogen-bond acceptors (Lipinski definition) is 3. The molecule has 0 radical (unpaired) electrons. The van der Waals surface area contributed by atoms with Gasteiger partial charge >= 0.3 is 0 Å². The summed E-state index contributed by atoms with van der Waals surface area (Å²) in [6, 6.07) is 14.7. The van der Waals surface area contributed by atoms with Gasteiger partial charge in [0.15, 0.2) is 0 Å². The molecule has 2 aromatic heterocycles. The fourth-order valence-electron chi connectivity index (χ4n) is 4.30. The predicted octanol–water partition coefficient (Wildman–Crippen LogP) is 3.83. The van der Waals surface area contributed by atoms with Crippen LogP contribution in [0.5, 0.6) is 0 Å². The number of carbonyl (C=O) groups excluding carboxylic acids is 2. The van der Waals surface area contributed by atoms with E-state index in [0.717, 1.165) is 29.4 Å². The Hall–Kier alpha value is -3.87. The van der Waals surface area contributed by atoms with Crippen LogP contribution in [0.3, 0.4) is 0 Å². The Balaban J connectivity index is 1.39. The predicted molar refractivity (Wildman–Crippen MR) is 120 cm³/mol. The number of aromatic amines is 1. The quantitative estimate of drug-likeness (QED) is 0.473. The molecule has 1 aliphatic carbocycles. The second-order valence-corrected chi connectivity index (χ2v) is 8.17. The minimum absolute atomic E-state index is 0.153. The molecule has 7 nitrogen and oxygen atoms in total. The van der Waals surface area contributed by atoms with Gasteiger partial charge in [-0.1, -0.05) is 19.1 Å². The fraction of sp³-hybridized carbons (Fsp3) is 0.208. The lowest BCUT2D eigenvalue weighted by Gasteiger charge is -2.17. The van der Waals surface area contributed by atoms with Crippen LogP contribution in [-0.4, -0.2) is 26.6 Å². The summed E-state index contributed by atoms with van der Waals surface area (Å²) in [4.78, 5) is 27.8. The van der Waals surface area contributed by atoms with Crippen molar-refractivity contribution < 1.29 is 9.59 Å². The van der Waals surface area contributed by atoms with E-state index in [1.54, 1.807) is 29.1 Å². The molecular formula is C24H23N5O2. The Morgan fingerprint density at radius 3 is 2.71 bits per heavy atom. The highest BCUT2D eigenvalue weighted by Crippen LogP contribution is 2.33. The zero-order chi connectivity index (χ0) is 21.5. The molecule has 156 valence electrons. The lowest BCUT2D eigenvalue weighted by atomic mass is 9.87. The van der Waals surface area contributed by atoms with Gasteiger partial charge in [-0.05, 0) is 67.1 Å². The van der Waals surface area contributed by atoms with Crippen molar-refractivity contribution in [1.29, 1.82) is 0 Å².